The lowest BCUT2D eigenvalue weighted by atomic mass is 10.2. The Morgan fingerprint density at radius 1 is 1.35 bits per heavy atom. The van der Waals surface area contributed by atoms with Crippen LogP contribution in [-0.4, -0.2) is 22.8 Å². The molecule has 1 aromatic heterocycles. The van der Waals surface area contributed by atoms with Crippen molar-refractivity contribution >= 4 is 41.2 Å². The first-order valence-electron chi connectivity index (χ1n) is 7.42. The van der Waals surface area contributed by atoms with Gasteiger partial charge in [0, 0.05) is 0 Å². The normalized spacial score (nSPS) is 16.7. The van der Waals surface area contributed by atoms with Gasteiger partial charge in [0.15, 0.2) is 11.4 Å². The Balaban J connectivity index is 2.15. The fraction of sp³-hybridized carbons (Fsp3) is 0.333. The molecule has 0 saturated heterocycles. The summed E-state index contributed by atoms with van der Waals surface area (Å²) in [5.41, 5.74) is 1.34. The fourth-order valence-electron chi connectivity index (χ4n) is 2.84. The molecule has 0 spiro atoms. The summed E-state index contributed by atoms with van der Waals surface area (Å²) in [7, 11) is 0. The lowest BCUT2D eigenvalue weighted by molar-refractivity contribution is -0.912. The summed E-state index contributed by atoms with van der Waals surface area (Å²) in [6.07, 6.45) is 1.07. The zero-order valence-electron chi connectivity index (χ0n) is 12.6. The van der Waals surface area contributed by atoms with Gasteiger partial charge in [0.25, 0.3) is 5.56 Å². The molecule has 8 heteroatoms. The van der Waals surface area contributed by atoms with Crippen molar-refractivity contribution in [2.45, 2.75) is 19.9 Å². The van der Waals surface area contributed by atoms with E-state index in [9.17, 15) is 4.79 Å². The minimum Gasteiger partial charge on any atom is -0.324 e. The molecule has 1 unspecified atom stereocenters. The molecule has 122 valence electrons. The Bertz CT molecular complexity index is 862. The maximum absolute atomic E-state index is 12.3. The summed E-state index contributed by atoms with van der Waals surface area (Å²) < 4.78 is 2.13. The Hall–Kier alpha value is -1.34. The van der Waals surface area contributed by atoms with Crippen LogP contribution in [0.1, 0.15) is 18.9 Å². The molecule has 23 heavy (non-hydrogen) atoms. The summed E-state index contributed by atoms with van der Waals surface area (Å²) in [5.74, 6) is 0.733. The smallest absolute Gasteiger partial charge is 0.262 e. The highest BCUT2D eigenvalue weighted by Crippen LogP contribution is 2.27. The van der Waals surface area contributed by atoms with Crippen LogP contribution >= 0.6 is 35.4 Å². The van der Waals surface area contributed by atoms with Crippen LogP contribution in [-0.2, 0) is 6.54 Å². The summed E-state index contributed by atoms with van der Waals surface area (Å²) in [6.45, 7) is 4.56. The minimum absolute atomic E-state index is 0.137. The van der Waals surface area contributed by atoms with Crippen molar-refractivity contribution in [2.24, 2.45) is 0 Å². The average Bonchev–Trinajstić information content (AvgIpc) is 2.51. The van der Waals surface area contributed by atoms with Gasteiger partial charge < -0.3 is 10.2 Å². The van der Waals surface area contributed by atoms with Gasteiger partial charge in [0.1, 0.15) is 17.9 Å². The van der Waals surface area contributed by atoms with Gasteiger partial charge in [-0.1, -0.05) is 30.1 Å². The second-order valence-electron chi connectivity index (χ2n) is 5.55. The number of rotatable bonds is 3. The molecule has 5 nitrogen and oxygen atoms in total. The first kappa shape index (κ1) is 16.5. The Labute approximate surface area is 148 Å². The summed E-state index contributed by atoms with van der Waals surface area (Å²) in [4.78, 5) is 16.4. The highest BCUT2D eigenvalue weighted by atomic mass is 35.5. The predicted octanol–water partition coefficient (Wildman–Crippen LogP) is 2.38. The number of H-pyrrole nitrogens is 1. The molecule has 1 aliphatic rings. The van der Waals surface area contributed by atoms with Crippen molar-refractivity contribution in [2.75, 3.05) is 18.5 Å². The quantitative estimate of drug-likeness (QED) is 0.726. The van der Waals surface area contributed by atoms with E-state index in [1.165, 1.54) is 4.90 Å². The molecule has 3 rings (SSSR count). The van der Waals surface area contributed by atoms with Gasteiger partial charge in [-0.2, -0.15) is 0 Å². The number of aromatic amines is 1. The van der Waals surface area contributed by atoms with Gasteiger partial charge in [-0.3, -0.25) is 14.3 Å². The molecule has 1 aromatic carbocycles. The molecule has 0 amide bonds. The van der Waals surface area contributed by atoms with Crippen LogP contribution in [0.15, 0.2) is 23.0 Å². The number of benzene rings is 1. The molecule has 0 fully saturated rings. The molecule has 0 bridgehead atoms. The summed E-state index contributed by atoms with van der Waals surface area (Å²) >= 11 is 17.5. The van der Waals surface area contributed by atoms with Crippen molar-refractivity contribution < 1.29 is 4.90 Å². The second kappa shape index (κ2) is 6.65. The molecule has 0 saturated carbocycles. The minimum atomic E-state index is -0.137. The van der Waals surface area contributed by atoms with E-state index < -0.39 is 0 Å². The number of halogens is 2. The van der Waals surface area contributed by atoms with Crippen LogP contribution in [0.2, 0.25) is 10.0 Å². The van der Waals surface area contributed by atoms with E-state index >= 15 is 0 Å². The summed E-state index contributed by atoms with van der Waals surface area (Å²) in [5, 5.41) is 4.27. The van der Waals surface area contributed by atoms with Crippen molar-refractivity contribution in [3.63, 3.8) is 0 Å². The first-order valence-corrected chi connectivity index (χ1v) is 8.58. The number of aromatic nitrogens is 2. The zero-order chi connectivity index (χ0) is 16.6. The van der Waals surface area contributed by atoms with Crippen LogP contribution in [0.25, 0.3) is 5.69 Å². The number of fused-ring (bicyclic) bond motifs is 1. The van der Waals surface area contributed by atoms with E-state index in [1.807, 2.05) is 6.07 Å². The van der Waals surface area contributed by atoms with Gasteiger partial charge in [-0.15, -0.1) is 0 Å². The van der Waals surface area contributed by atoms with Gasteiger partial charge in [0.2, 0.25) is 0 Å². The van der Waals surface area contributed by atoms with E-state index in [4.69, 9.17) is 35.4 Å². The molecule has 3 N–H and O–H groups in total. The van der Waals surface area contributed by atoms with E-state index in [1.54, 1.807) is 16.7 Å². The number of quaternary nitrogens is 1. The largest absolute Gasteiger partial charge is 0.324 e. The first-order chi connectivity index (χ1) is 11.0. The third kappa shape index (κ3) is 3.17. The van der Waals surface area contributed by atoms with E-state index in [0.29, 0.717) is 26.9 Å². The molecule has 0 radical (unpaired) electrons. The maximum atomic E-state index is 12.3. The van der Waals surface area contributed by atoms with Gasteiger partial charge in [0.05, 0.1) is 22.3 Å². The van der Waals surface area contributed by atoms with Gasteiger partial charge in [-0.05, 0) is 36.8 Å². The number of nitrogens with zero attached hydrogens (tertiary/aromatic N) is 1. The fourth-order valence-corrected chi connectivity index (χ4v) is 3.43. The maximum Gasteiger partial charge on any atom is 0.262 e. The number of nitrogens with one attached hydrogen (secondary N) is 3. The molecular weight excluding hydrogens is 355 g/mol. The van der Waals surface area contributed by atoms with Crippen molar-refractivity contribution in [3.8, 4) is 5.69 Å². The zero-order valence-corrected chi connectivity index (χ0v) is 14.9. The Kier molecular flexibility index (Phi) is 4.77. The number of hydrogen-bond acceptors (Lipinski definition) is 3. The molecule has 1 aliphatic heterocycles. The lowest BCUT2D eigenvalue weighted by Gasteiger charge is -2.28. The van der Waals surface area contributed by atoms with Crippen LogP contribution < -0.4 is 15.8 Å². The molecule has 0 aliphatic carbocycles. The van der Waals surface area contributed by atoms with Gasteiger partial charge >= 0.3 is 0 Å². The highest BCUT2D eigenvalue weighted by molar-refractivity contribution is 7.71. The molecular formula is C15H17Cl2N4OS+. The second-order valence-corrected chi connectivity index (χ2v) is 6.75. The molecule has 1 atom stereocenters. The number of anilines is 1. The van der Waals surface area contributed by atoms with Crippen LogP contribution in [0.5, 0.6) is 0 Å². The predicted molar refractivity (Wildman–Crippen MR) is 95.6 cm³/mol. The Morgan fingerprint density at radius 2 is 2.13 bits per heavy atom. The molecule has 2 heterocycles. The van der Waals surface area contributed by atoms with E-state index in [-0.39, 0.29) is 5.56 Å². The van der Waals surface area contributed by atoms with Crippen LogP contribution in [0.3, 0.4) is 0 Å². The van der Waals surface area contributed by atoms with Crippen LogP contribution in [0.4, 0.5) is 5.82 Å². The third-order valence-corrected chi connectivity index (χ3v) is 4.93. The monoisotopic (exact) mass is 371 g/mol. The topological polar surface area (TPSA) is 54.3 Å². The van der Waals surface area contributed by atoms with Crippen molar-refractivity contribution in [1.82, 2.24) is 9.55 Å². The standard InChI is InChI=1S/C15H16Cl2N4OS/c1-2-5-20-7-10-13(18-8-20)21(15(23)19-14(10)22)9-3-4-11(16)12(17)6-9/h3-4,6,18H,2,5,7-8H2,1H3,(H,19,22,23)/p+1. The Morgan fingerprint density at radius 3 is 2.83 bits per heavy atom. The third-order valence-electron chi connectivity index (χ3n) is 3.90. The van der Waals surface area contributed by atoms with Gasteiger partial charge in [-0.25, -0.2) is 0 Å². The van der Waals surface area contributed by atoms with E-state index in [0.717, 1.165) is 31.1 Å². The summed E-state index contributed by atoms with van der Waals surface area (Å²) in [6, 6.07) is 5.29. The molecule has 2 aromatic rings. The van der Waals surface area contributed by atoms with Crippen molar-refractivity contribution in [3.05, 3.63) is 48.9 Å². The SMILES string of the molecule is CCC[NH+]1CNc2c(c(=O)[nH]c(=S)n2-c2ccc(Cl)c(Cl)c2)C1. The lowest BCUT2D eigenvalue weighted by Crippen LogP contribution is -3.12. The number of hydrogen-bond donors (Lipinski definition) is 3. The van der Waals surface area contributed by atoms with E-state index in [2.05, 4.69) is 17.2 Å². The highest BCUT2D eigenvalue weighted by Gasteiger charge is 2.24. The van der Waals surface area contributed by atoms with Crippen LogP contribution in [0, 0.1) is 4.77 Å². The van der Waals surface area contributed by atoms with Crippen molar-refractivity contribution in [1.29, 1.82) is 0 Å². The average molecular weight is 372 g/mol.